The molecule has 0 spiro atoms. The zero-order chi connectivity index (χ0) is 21.6. The number of aliphatic hydroxyl groups excluding tert-OH is 1. The summed E-state index contributed by atoms with van der Waals surface area (Å²) in [5.74, 6) is -0.468. The smallest absolute Gasteiger partial charge is 0.291 e. The number of hydrogen-bond donors (Lipinski definition) is 3. The molecular weight excluding hydrogens is 380 g/mol. The van der Waals surface area contributed by atoms with Crippen molar-refractivity contribution in [2.24, 2.45) is 5.41 Å². The van der Waals surface area contributed by atoms with Gasteiger partial charge in [0.05, 0.1) is 12.4 Å². The number of carbonyl (C=O) groups is 2. The van der Waals surface area contributed by atoms with Gasteiger partial charge in [-0.25, -0.2) is 0 Å². The standard InChI is InChI=1S/C24H26N2O4/c1-17(27)24(2,15-18-8-4-3-5-9-18)16-25-22(28)19-10-6-11-20(14-19)26-23(29)21-12-7-13-30-21/h3-14,17,27H,15-16H2,1-2H3,(H,25,28)(H,26,29). The van der Waals surface area contributed by atoms with Crippen molar-refractivity contribution in [2.45, 2.75) is 26.4 Å². The van der Waals surface area contributed by atoms with Crippen LogP contribution in [-0.2, 0) is 6.42 Å². The number of anilines is 1. The molecule has 0 saturated carbocycles. The zero-order valence-electron chi connectivity index (χ0n) is 17.1. The fourth-order valence-corrected chi connectivity index (χ4v) is 3.14. The molecule has 0 bridgehead atoms. The minimum absolute atomic E-state index is 0.193. The summed E-state index contributed by atoms with van der Waals surface area (Å²) in [7, 11) is 0. The second kappa shape index (κ2) is 9.41. The molecule has 0 saturated heterocycles. The molecule has 6 heteroatoms. The largest absolute Gasteiger partial charge is 0.459 e. The van der Waals surface area contributed by atoms with E-state index in [0.29, 0.717) is 24.2 Å². The summed E-state index contributed by atoms with van der Waals surface area (Å²) in [6.07, 6.45) is 1.44. The van der Waals surface area contributed by atoms with Crippen molar-refractivity contribution in [3.63, 3.8) is 0 Å². The minimum Gasteiger partial charge on any atom is -0.459 e. The first-order valence-electron chi connectivity index (χ1n) is 9.82. The molecule has 1 aromatic heterocycles. The van der Waals surface area contributed by atoms with Crippen LogP contribution in [0.5, 0.6) is 0 Å². The van der Waals surface area contributed by atoms with Gasteiger partial charge in [0.15, 0.2) is 5.76 Å². The Morgan fingerprint density at radius 3 is 2.47 bits per heavy atom. The van der Waals surface area contributed by atoms with E-state index in [1.807, 2.05) is 37.3 Å². The highest BCUT2D eigenvalue weighted by Crippen LogP contribution is 2.26. The topological polar surface area (TPSA) is 91.6 Å². The Bertz CT molecular complexity index is 983. The lowest BCUT2D eigenvalue weighted by atomic mass is 9.79. The van der Waals surface area contributed by atoms with E-state index in [2.05, 4.69) is 10.6 Å². The maximum atomic E-state index is 12.7. The van der Waals surface area contributed by atoms with Gasteiger partial charge in [-0.15, -0.1) is 0 Å². The molecule has 2 amide bonds. The van der Waals surface area contributed by atoms with Crippen molar-refractivity contribution in [3.05, 3.63) is 89.9 Å². The second-order valence-electron chi connectivity index (χ2n) is 7.69. The fourth-order valence-electron chi connectivity index (χ4n) is 3.14. The van der Waals surface area contributed by atoms with Gasteiger partial charge in [-0.2, -0.15) is 0 Å². The van der Waals surface area contributed by atoms with Crippen LogP contribution in [0, 0.1) is 5.41 Å². The highest BCUT2D eigenvalue weighted by atomic mass is 16.3. The monoisotopic (exact) mass is 406 g/mol. The Labute approximate surface area is 175 Å². The quantitative estimate of drug-likeness (QED) is 0.529. The molecule has 2 unspecified atom stereocenters. The van der Waals surface area contributed by atoms with Gasteiger partial charge in [0.2, 0.25) is 0 Å². The summed E-state index contributed by atoms with van der Waals surface area (Å²) >= 11 is 0. The Balaban J connectivity index is 1.65. The van der Waals surface area contributed by atoms with Crippen molar-refractivity contribution in [1.82, 2.24) is 5.32 Å². The van der Waals surface area contributed by atoms with Gasteiger partial charge >= 0.3 is 0 Å². The van der Waals surface area contributed by atoms with E-state index in [9.17, 15) is 14.7 Å². The first-order chi connectivity index (χ1) is 14.4. The summed E-state index contributed by atoms with van der Waals surface area (Å²) in [4.78, 5) is 24.8. The van der Waals surface area contributed by atoms with Crippen LogP contribution in [0.3, 0.4) is 0 Å². The lowest BCUT2D eigenvalue weighted by Gasteiger charge is -2.33. The molecule has 2 atom stereocenters. The molecule has 2 aromatic carbocycles. The number of rotatable bonds is 8. The third-order valence-electron chi connectivity index (χ3n) is 5.24. The average molecular weight is 406 g/mol. The van der Waals surface area contributed by atoms with Gasteiger partial charge in [-0.1, -0.05) is 43.3 Å². The maximum Gasteiger partial charge on any atom is 0.291 e. The summed E-state index contributed by atoms with van der Waals surface area (Å²) in [5.41, 5.74) is 1.48. The third kappa shape index (κ3) is 5.36. The van der Waals surface area contributed by atoms with Crippen molar-refractivity contribution < 1.29 is 19.1 Å². The van der Waals surface area contributed by atoms with Crippen LogP contribution >= 0.6 is 0 Å². The summed E-state index contributed by atoms with van der Waals surface area (Å²) < 4.78 is 5.08. The van der Waals surface area contributed by atoms with Gasteiger partial charge in [-0.05, 0) is 49.2 Å². The van der Waals surface area contributed by atoms with Crippen LogP contribution < -0.4 is 10.6 Å². The van der Waals surface area contributed by atoms with Crippen molar-refractivity contribution >= 4 is 17.5 Å². The van der Waals surface area contributed by atoms with Crippen molar-refractivity contribution in [2.75, 3.05) is 11.9 Å². The van der Waals surface area contributed by atoms with Crippen LogP contribution in [0.15, 0.2) is 77.4 Å². The van der Waals surface area contributed by atoms with E-state index in [1.165, 1.54) is 6.26 Å². The highest BCUT2D eigenvalue weighted by Gasteiger charge is 2.31. The average Bonchev–Trinajstić information content (AvgIpc) is 3.28. The predicted molar refractivity (Wildman–Crippen MR) is 115 cm³/mol. The number of amides is 2. The van der Waals surface area contributed by atoms with E-state index in [-0.39, 0.29) is 17.6 Å². The van der Waals surface area contributed by atoms with Crippen molar-refractivity contribution in [3.8, 4) is 0 Å². The number of hydrogen-bond acceptors (Lipinski definition) is 4. The lowest BCUT2D eigenvalue weighted by Crippen LogP contribution is -2.43. The minimum atomic E-state index is -0.614. The Hall–Kier alpha value is -3.38. The maximum absolute atomic E-state index is 12.7. The molecular formula is C24H26N2O4. The van der Waals surface area contributed by atoms with E-state index < -0.39 is 11.5 Å². The normalized spacial score (nSPS) is 13.8. The molecule has 6 nitrogen and oxygen atoms in total. The van der Waals surface area contributed by atoms with Gasteiger partial charge in [0.25, 0.3) is 11.8 Å². The Morgan fingerprint density at radius 2 is 1.80 bits per heavy atom. The van der Waals surface area contributed by atoms with Gasteiger partial charge in [0.1, 0.15) is 0 Å². The van der Waals surface area contributed by atoms with E-state index in [1.54, 1.807) is 43.3 Å². The molecule has 156 valence electrons. The second-order valence-corrected chi connectivity index (χ2v) is 7.69. The lowest BCUT2D eigenvalue weighted by molar-refractivity contribution is 0.0500. The van der Waals surface area contributed by atoms with E-state index in [4.69, 9.17) is 4.42 Å². The Kier molecular flexibility index (Phi) is 6.69. The molecule has 0 aliphatic carbocycles. The van der Waals surface area contributed by atoms with Crippen LogP contribution in [0.2, 0.25) is 0 Å². The van der Waals surface area contributed by atoms with Crippen LogP contribution in [0.1, 0.15) is 40.3 Å². The fraction of sp³-hybridized carbons (Fsp3) is 0.250. The van der Waals surface area contributed by atoms with E-state index in [0.717, 1.165) is 5.56 Å². The molecule has 3 rings (SSSR count). The molecule has 0 radical (unpaired) electrons. The molecule has 0 aliphatic heterocycles. The van der Waals surface area contributed by atoms with Crippen LogP contribution in [-0.4, -0.2) is 29.6 Å². The summed E-state index contributed by atoms with van der Waals surface area (Å²) in [6.45, 7) is 3.99. The number of carbonyl (C=O) groups excluding carboxylic acids is 2. The highest BCUT2D eigenvalue weighted by molar-refractivity contribution is 6.03. The SMILES string of the molecule is CC(O)C(C)(CNC(=O)c1cccc(NC(=O)c2ccco2)c1)Cc1ccccc1. The first-order valence-corrected chi connectivity index (χ1v) is 9.82. The molecule has 3 N–H and O–H groups in total. The number of aliphatic hydroxyl groups is 1. The molecule has 3 aromatic rings. The number of furan rings is 1. The van der Waals surface area contributed by atoms with Gasteiger partial charge in [-0.3, -0.25) is 9.59 Å². The van der Waals surface area contributed by atoms with E-state index >= 15 is 0 Å². The molecule has 30 heavy (non-hydrogen) atoms. The Morgan fingerprint density at radius 1 is 1.03 bits per heavy atom. The van der Waals surface area contributed by atoms with Gasteiger partial charge in [0, 0.05) is 23.2 Å². The van der Waals surface area contributed by atoms with Crippen molar-refractivity contribution in [1.29, 1.82) is 0 Å². The van der Waals surface area contributed by atoms with Gasteiger partial charge < -0.3 is 20.2 Å². The van der Waals surface area contributed by atoms with Crippen LogP contribution in [0.25, 0.3) is 0 Å². The first kappa shape index (κ1) is 21.3. The number of nitrogens with one attached hydrogen (secondary N) is 2. The molecule has 0 fully saturated rings. The zero-order valence-corrected chi connectivity index (χ0v) is 17.1. The summed E-state index contributed by atoms with van der Waals surface area (Å²) in [6, 6.07) is 19.8. The molecule has 0 aliphatic rings. The van der Waals surface area contributed by atoms with Crippen LogP contribution in [0.4, 0.5) is 5.69 Å². The summed E-state index contributed by atoms with van der Waals surface area (Å²) in [5, 5.41) is 16.0. The predicted octanol–water partition coefficient (Wildman–Crippen LogP) is 3.89. The third-order valence-corrected chi connectivity index (χ3v) is 5.24. The number of benzene rings is 2. The molecule has 1 heterocycles.